The quantitative estimate of drug-likeness (QED) is 0.367. The summed E-state index contributed by atoms with van der Waals surface area (Å²) in [6.45, 7) is 3.59. The first-order valence-corrected chi connectivity index (χ1v) is 6.39. The number of carbonyl (C=O) groups excluding carboxylic acids is 1. The minimum absolute atomic E-state index is 0.120. The summed E-state index contributed by atoms with van der Waals surface area (Å²) in [7, 11) is 0. The molecule has 0 saturated carbocycles. The molecule has 0 aromatic rings. The monoisotopic (exact) mass is 280 g/mol. The van der Waals surface area contributed by atoms with Crippen LogP contribution < -0.4 is 0 Å². The molecule has 2 aliphatic heterocycles. The Balaban J connectivity index is 2.18. The molecule has 2 unspecified atom stereocenters. The third kappa shape index (κ3) is 2.30. The van der Waals surface area contributed by atoms with Gasteiger partial charge in [-0.3, -0.25) is 4.79 Å². The number of nitrogens with zero attached hydrogens (tertiary/aromatic N) is 4. The molecule has 0 radical (unpaired) electrons. The number of fused-ring (bicyclic) bond motifs is 2. The zero-order chi connectivity index (χ0) is 14.8. The molecule has 1 N–H and O–H groups in total. The summed E-state index contributed by atoms with van der Waals surface area (Å²) in [5.74, 6) is -1.13. The van der Waals surface area contributed by atoms with Gasteiger partial charge < -0.3 is 14.7 Å². The zero-order valence-electron chi connectivity index (χ0n) is 10.9. The second-order valence-corrected chi connectivity index (χ2v) is 5.09. The molecule has 0 spiro atoms. The third-order valence-electron chi connectivity index (χ3n) is 3.94. The third-order valence-corrected chi connectivity index (χ3v) is 3.94. The largest absolute Gasteiger partial charge is 0.481 e. The van der Waals surface area contributed by atoms with Gasteiger partial charge in [0.2, 0.25) is 0 Å². The van der Waals surface area contributed by atoms with Crippen LogP contribution in [0.5, 0.6) is 0 Å². The average molecular weight is 280 g/mol. The van der Waals surface area contributed by atoms with E-state index in [9.17, 15) is 14.7 Å². The first-order valence-electron chi connectivity index (χ1n) is 6.39. The van der Waals surface area contributed by atoms with Crippen LogP contribution in [0.25, 0.3) is 10.4 Å². The van der Waals surface area contributed by atoms with Crippen molar-refractivity contribution in [2.45, 2.75) is 43.3 Å². The minimum atomic E-state index is -1.45. The Morgan fingerprint density at radius 2 is 2.10 bits per heavy atom. The Kier molecular flexibility index (Phi) is 3.85. The number of hydrogen-bond acceptors (Lipinski definition) is 4. The number of azide groups is 1. The van der Waals surface area contributed by atoms with Gasteiger partial charge >= 0.3 is 12.1 Å². The fourth-order valence-electron chi connectivity index (χ4n) is 3.11. The van der Waals surface area contributed by atoms with Gasteiger partial charge in [0.25, 0.3) is 0 Å². The molecule has 2 bridgehead atoms. The van der Waals surface area contributed by atoms with Crippen LogP contribution in [0.1, 0.15) is 25.7 Å². The number of hydrogen-bond donors (Lipinski definition) is 1. The summed E-state index contributed by atoms with van der Waals surface area (Å²) < 4.78 is 5.02. The molecule has 0 aromatic carbocycles. The fourth-order valence-corrected chi connectivity index (χ4v) is 3.11. The molecule has 2 rings (SSSR count). The molecule has 2 heterocycles. The highest BCUT2D eigenvalue weighted by molar-refractivity contribution is 5.80. The first-order chi connectivity index (χ1) is 9.54. The average Bonchev–Trinajstić information content (AvgIpc) is 2.68. The maximum atomic E-state index is 12.0. The van der Waals surface area contributed by atoms with Crippen molar-refractivity contribution in [3.63, 3.8) is 0 Å². The van der Waals surface area contributed by atoms with E-state index in [1.165, 1.54) is 6.08 Å². The maximum absolute atomic E-state index is 12.0. The molecule has 2 fully saturated rings. The van der Waals surface area contributed by atoms with Crippen LogP contribution in [-0.2, 0) is 9.53 Å². The van der Waals surface area contributed by atoms with Gasteiger partial charge in [-0.25, -0.2) is 4.79 Å². The van der Waals surface area contributed by atoms with Gasteiger partial charge in [0, 0.05) is 17.0 Å². The van der Waals surface area contributed by atoms with Crippen LogP contribution in [0.15, 0.2) is 17.8 Å². The Labute approximate surface area is 115 Å². The Morgan fingerprint density at radius 1 is 1.50 bits per heavy atom. The topological polar surface area (TPSA) is 116 Å². The Hall–Kier alpha value is -2.21. The van der Waals surface area contributed by atoms with Crippen molar-refractivity contribution in [3.05, 3.63) is 23.1 Å². The van der Waals surface area contributed by atoms with Gasteiger partial charge in [0.15, 0.2) is 0 Å². The van der Waals surface area contributed by atoms with Crippen LogP contribution in [0.4, 0.5) is 4.79 Å². The van der Waals surface area contributed by atoms with Crippen molar-refractivity contribution < 1.29 is 19.4 Å². The smallest absolute Gasteiger partial charge is 0.410 e. The van der Waals surface area contributed by atoms with Crippen molar-refractivity contribution in [2.75, 3.05) is 6.61 Å². The Morgan fingerprint density at radius 3 is 2.55 bits per heavy atom. The van der Waals surface area contributed by atoms with Crippen molar-refractivity contribution in [2.24, 2.45) is 5.11 Å². The number of carbonyl (C=O) groups is 2. The summed E-state index contributed by atoms with van der Waals surface area (Å²) in [6, 6.07) is -0.514. The van der Waals surface area contributed by atoms with E-state index in [0.717, 1.165) is 0 Å². The predicted octanol–water partition coefficient (Wildman–Crippen LogP) is 2.07. The van der Waals surface area contributed by atoms with Crippen LogP contribution in [0, 0.1) is 0 Å². The van der Waals surface area contributed by atoms with Crippen molar-refractivity contribution in [3.8, 4) is 0 Å². The Bertz CT molecular complexity index is 468. The summed E-state index contributed by atoms with van der Waals surface area (Å²) in [5, 5.41) is 12.8. The van der Waals surface area contributed by atoms with Crippen LogP contribution in [-0.4, -0.2) is 46.3 Å². The van der Waals surface area contributed by atoms with E-state index >= 15 is 0 Å². The highest BCUT2D eigenvalue weighted by Gasteiger charge is 2.54. The lowest BCUT2D eigenvalue weighted by molar-refractivity contribution is -0.146. The molecule has 2 atom stereocenters. The van der Waals surface area contributed by atoms with Crippen molar-refractivity contribution in [1.29, 1.82) is 0 Å². The normalized spacial score (nSPS) is 31.3. The summed E-state index contributed by atoms with van der Waals surface area (Å²) in [6.07, 6.45) is 2.68. The maximum Gasteiger partial charge on any atom is 0.410 e. The fraction of sp³-hybridized carbons (Fsp3) is 0.667. The molecule has 20 heavy (non-hydrogen) atoms. The molecule has 1 amide bonds. The van der Waals surface area contributed by atoms with Gasteiger partial charge in [-0.2, -0.15) is 0 Å². The lowest BCUT2D eigenvalue weighted by atomic mass is 9.84. The van der Waals surface area contributed by atoms with E-state index in [1.54, 1.807) is 4.90 Å². The van der Waals surface area contributed by atoms with Gasteiger partial charge in [-0.05, 0) is 31.2 Å². The highest BCUT2D eigenvalue weighted by atomic mass is 16.6. The molecular weight excluding hydrogens is 264 g/mol. The number of aliphatic carboxylic acids is 1. The molecule has 2 aliphatic rings. The SMILES string of the molecule is C=CCOC(=O)N1C2CCC1CC(N=[N+]=[N-])(C(=O)O)C2. The highest BCUT2D eigenvalue weighted by Crippen LogP contribution is 2.43. The zero-order valence-corrected chi connectivity index (χ0v) is 10.9. The van der Waals surface area contributed by atoms with E-state index in [-0.39, 0.29) is 31.5 Å². The van der Waals surface area contributed by atoms with E-state index in [4.69, 9.17) is 10.3 Å². The van der Waals surface area contributed by atoms with Gasteiger partial charge in [-0.15, -0.1) is 0 Å². The second kappa shape index (κ2) is 5.42. The molecule has 8 heteroatoms. The van der Waals surface area contributed by atoms with Crippen LogP contribution in [0.3, 0.4) is 0 Å². The van der Waals surface area contributed by atoms with Crippen LogP contribution >= 0.6 is 0 Å². The molecule has 8 nitrogen and oxygen atoms in total. The summed E-state index contributed by atoms with van der Waals surface area (Å²) in [5.41, 5.74) is 7.15. The van der Waals surface area contributed by atoms with Crippen molar-refractivity contribution in [1.82, 2.24) is 4.90 Å². The van der Waals surface area contributed by atoms with Crippen molar-refractivity contribution >= 4 is 12.1 Å². The molecule has 0 aliphatic carbocycles. The molecular formula is C12H16N4O4. The summed E-state index contributed by atoms with van der Waals surface area (Å²) in [4.78, 5) is 27.6. The number of carboxylic acids is 1. The number of rotatable bonds is 4. The second-order valence-electron chi connectivity index (χ2n) is 5.09. The standard InChI is InChI=1S/C12H16N4O4/c1-2-5-20-11(19)16-8-3-4-9(16)7-12(6-8,10(17)18)14-15-13/h2,8-9H,1,3-7H2,(H,17,18). The van der Waals surface area contributed by atoms with Gasteiger partial charge in [0.1, 0.15) is 12.1 Å². The van der Waals surface area contributed by atoms with Crippen LogP contribution in [0.2, 0.25) is 0 Å². The number of amides is 1. The minimum Gasteiger partial charge on any atom is -0.481 e. The predicted molar refractivity (Wildman–Crippen MR) is 68.9 cm³/mol. The van der Waals surface area contributed by atoms with Gasteiger partial charge in [0.05, 0.1) is 0 Å². The lowest BCUT2D eigenvalue weighted by Gasteiger charge is -2.41. The molecule has 0 aromatic heterocycles. The van der Waals surface area contributed by atoms with E-state index < -0.39 is 17.6 Å². The number of ether oxygens (including phenoxy) is 1. The first kappa shape index (κ1) is 14.2. The number of piperidine rings is 1. The molecule has 2 saturated heterocycles. The van der Waals surface area contributed by atoms with E-state index in [1.807, 2.05) is 0 Å². The van der Waals surface area contributed by atoms with Gasteiger partial charge in [-0.1, -0.05) is 17.8 Å². The molecule has 108 valence electrons. The lowest BCUT2D eigenvalue weighted by Crippen LogP contribution is -2.55. The summed E-state index contributed by atoms with van der Waals surface area (Å²) >= 11 is 0. The van der Waals surface area contributed by atoms with E-state index in [0.29, 0.717) is 12.8 Å². The number of carboxylic acid groups (broad SMARTS) is 1. The van der Waals surface area contributed by atoms with E-state index in [2.05, 4.69) is 16.6 Å².